The largest absolute Gasteiger partial charge is 0.312 e. The van der Waals surface area contributed by atoms with E-state index in [1.807, 2.05) is 0 Å². The van der Waals surface area contributed by atoms with Crippen LogP contribution in [0.5, 0.6) is 0 Å². The van der Waals surface area contributed by atoms with Crippen LogP contribution in [0.1, 0.15) is 12.8 Å². The van der Waals surface area contributed by atoms with Crippen molar-refractivity contribution >= 4 is 27.3 Å². The van der Waals surface area contributed by atoms with Crippen molar-refractivity contribution in [2.75, 3.05) is 16.2 Å². The van der Waals surface area contributed by atoms with Gasteiger partial charge < -0.3 is 4.90 Å². The van der Waals surface area contributed by atoms with Gasteiger partial charge in [0.15, 0.2) is 0 Å². The van der Waals surface area contributed by atoms with Crippen LogP contribution in [0, 0.1) is 11.6 Å². The number of hydrogen-bond acceptors (Lipinski definition) is 3. The number of nitrogens with zero attached hydrogens (tertiary/aromatic N) is 1. The summed E-state index contributed by atoms with van der Waals surface area (Å²) in [6.07, 6.45) is 1.25. The van der Waals surface area contributed by atoms with Gasteiger partial charge in [-0.2, -0.15) is 0 Å². The summed E-state index contributed by atoms with van der Waals surface area (Å²) in [5, 5.41) is 0. The van der Waals surface area contributed by atoms with Crippen LogP contribution in [-0.2, 0) is 14.8 Å². The van der Waals surface area contributed by atoms with Crippen molar-refractivity contribution in [3.63, 3.8) is 0 Å². The molecule has 1 aliphatic rings. The topological polar surface area (TPSA) is 66.5 Å². The number of benzene rings is 2. The van der Waals surface area contributed by atoms with Crippen molar-refractivity contribution in [2.24, 2.45) is 0 Å². The summed E-state index contributed by atoms with van der Waals surface area (Å²) < 4.78 is 53.1. The van der Waals surface area contributed by atoms with E-state index in [1.54, 1.807) is 4.90 Å². The second-order valence-electron chi connectivity index (χ2n) is 5.37. The van der Waals surface area contributed by atoms with Gasteiger partial charge in [0.05, 0.1) is 10.6 Å². The van der Waals surface area contributed by atoms with Crippen molar-refractivity contribution in [1.29, 1.82) is 0 Å². The molecule has 0 bridgehead atoms. The summed E-state index contributed by atoms with van der Waals surface area (Å²) in [7, 11) is -4.02. The third-order valence-electron chi connectivity index (χ3n) is 3.71. The standard InChI is InChI=1S/C16H14F2N2O3S/c17-11-3-8-15(14(18)10-11)19-24(22,23)13-6-4-12(5-7-13)20-9-1-2-16(20)21/h3-8,10,19H,1-2,9H2. The first-order valence-corrected chi connectivity index (χ1v) is 8.73. The summed E-state index contributed by atoms with van der Waals surface area (Å²) in [6.45, 7) is 0.601. The van der Waals surface area contributed by atoms with E-state index >= 15 is 0 Å². The minimum Gasteiger partial charge on any atom is -0.312 e. The maximum atomic E-state index is 13.6. The van der Waals surface area contributed by atoms with Gasteiger partial charge in [0.2, 0.25) is 5.91 Å². The zero-order valence-corrected chi connectivity index (χ0v) is 13.3. The number of nitrogens with one attached hydrogen (secondary N) is 1. The monoisotopic (exact) mass is 352 g/mol. The summed E-state index contributed by atoms with van der Waals surface area (Å²) in [6, 6.07) is 8.30. The molecule has 0 spiro atoms. The molecule has 2 aromatic carbocycles. The molecule has 3 rings (SSSR count). The van der Waals surface area contributed by atoms with Crippen LogP contribution in [-0.4, -0.2) is 20.9 Å². The normalized spacial score (nSPS) is 14.9. The minimum atomic E-state index is -4.02. The molecule has 1 N–H and O–H groups in total. The molecule has 8 heteroatoms. The molecular weight excluding hydrogens is 338 g/mol. The molecule has 1 saturated heterocycles. The van der Waals surface area contributed by atoms with E-state index in [0.717, 1.165) is 18.6 Å². The van der Waals surface area contributed by atoms with Crippen molar-refractivity contribution in [2.45, 2.75) is 17.7 Å². The molecule has 24 heavy (non-hydrogen) atoms. The summed E-state index contributed by atoms with van der Waals surface area (Å²) >= 11 is 0. The van der Waals surface area contributed by atoms with Gasteiger partial charge in [-0.05, 0) is 42.8 Å². The highest BCUT2D eigenvalue weighted by molar-refractivity contribution is 7.92. The van der Waals surface area contributed by atoms with Gasteiger partial charge >= 0.3 is 0 Å². The summed E-state index contributed by atoms with van der Waals surface area (Å²) in [4.78, 5) is 13.2. The molecule has 0 aromatic heterocycles. The van der Waals surface area contributed by atoms with Gasteiger partial charge in [0.1, 0.15) is 11.6 Å². The van der Waals surface area contributed by atoms with E-state index in [-0.39, 0.29) is 16.5 Å². The highest BCUT2D eigenvalue weighted by atomic mass is 32.2. The van der Waals surface area contributed by atoms with Gasteiger partial charge in [0, 0.05) is 24.7 Å². The fourth-order valence-electron chi connectivity index (χ4n) is 2.50. The van der Waals surface area contributed by atoms with Crippen LogP contribution in [0.15, 0.2) is 47.4 Å². The first-order valence-electron chi connectivity index (χ1n) is 7.25. The molecule has 5 nitrogen and oxygen atoms in total. The number of halogens is 2. The molecule has 1 amide bonds. The molecule has 1 fully saturated rings. The van der Waals surface area contributed by atoms with Crippen LogP contribution in [0.25, 0.3) is 0 Å². The van der Waals surface area contributed by atoms with E-state index in [0.29, 0.717) is 24.7 Å². The van der Waals surface area contributed by atoms with Crippen LogP contribution in [0.3, 0.4) is 0 Å². The summed E-state index contributed by atoms with van der Waals surface area (Å²) in [5.41, 5.74) is 0.277. The molecule has 0 unspecified atom stereocenters. The minimum absolute atomic E-state index is 0.00267. The number of carbonyl (C=O) groups is 1. The van der Waals surface area contributed by atoms with Crippen LogP contribution in [0.4, 0.5) is 20.2 Å². The van der Waals surface area contributed by atoms with Crippen LogP contribution < -0.4 is 9.62 Å². The fourth-order valence-corrected chi connectivity index (χ4v) is 3.57. The van der Waals surface area contributed by atoms with Gasteiger partial charge in [-0.25, -0.2) is 17.2 Å². The van der Waals surface area contributed by atoms with Gasteiger partial charge in [-0.1, -0.05) is 0 Å². The Labute approximate surface area is 138 Å². The summed E-state index contributed by atoms with van der Waals surface area (Å²) in [5.74, 6) is -1.80. The molecule has 0 aliphatic carbocycles. The second-order valence-corrected chi connectivity index (χ2v) is 7.05. The number of sulfonamides is 1. The third-order valence-corrected chi connectivity index (χ3v) is 5.09. The zero-order chi connectivity index (χ0) is 17.3. The van der Waals surface area contributed by atoms with Crippen molar-refractivity contribution in [3.8, 4) is 0 Å². The lowest BCUT2D eigenvalue weighted by Crippen LogP contribution is -2.23. The number of carbonyl (C=O) groups excluding carboxylic acids is 1. The van der Waals surface area contributed by atoms with E-state index in [9.17, 15) is 22.0 Å². The molecule has 2 aromatic rings. The highest BCUT2D eigenvalue weighted by Crippen LogP contribution is 2.24. The zero-order valence-electron chi connectivity index (χ0n) is 12.5. The molecule has 0 radical (unpaired) electrons. The van der Waals surface area contributed by atoms with Gasteiger partial charge in [-0.15, -0.1) is 0 Å². The van der Waals surface area contributed by atoms with Crippen molar-refractivity contribution < 1.29 is 22.0 Å². The Morgan fingerprint density at radius 2 is 1.75 bits per heavy atom. The first kappa shape index (κ1) is 16.4. The Balaban J connectivity index is 1.83. The van der Waals surface area contributed by atoms with Crippen molar-refractivity contribution in [1.82, 2.24) is 0 Å². The third kappa shape index (κ3) is 3.23. The Morgan fingerprint density at radius 3 is 2.33 bits per heavy atom. The predicted molar refractivity (Wildman–Crippen MR) is 85.2 cm³/mol. The van der Waals surface area contributed by atoms with E-state index in [4.69, 9.17) is 0 Å². The number of rotatable bonds is 4. The van der Waals surface area contributed by atoms with Crippen LogP contribution >= 0.6 is 0 Å². The number of hydrogen-bond donors (Lipinski definition) is 1. The SMILES string of the molecule is O=C1CCCN1c1ccc(S(=O)(=O)Nc2ccc(F)cc2F)cc1. The Bertz CT molecular complexity index is 883. The quantitative estimate of drug-likeness (QED) is 0.920. The second kappa shape index (κ2) is 6.20. The lowest BCUT2D eigenvalue weighted by molar-refractivity contribution is -0.117. The lowest BCUT2D eigenvalue weighted by Gasteiger charge is -2.16. The Kier molecular flexibility index (Phi) is 4.23. The first-order chi connectivity index (χ1) is 11.4. The average molecular weight is 352 g/mol. The lowest BCUT2D eigenvalue weighted by atomic mass is 10.3. The molecule has 1 aliphatic heterocycles. The molecule has 0 saturated carbocycles. The molecule has 126 valence electrons. The van der Waals surface area contributed by atoms with E-state index in [1.165, 1.54) is 24.3 Å². The maximum absolute atomic E-state index is 13.6. The number of anilines is 2. The van der Waals surface area contributed by atoms with Gasteiger partial charge in [0.25, 0.3) is 10.0 Å². The van der Waals surface area contributed by atoms with E-state index in [2.05, 4.69) is 4.72 Å². The predicted octanol–water partition coefficient (Wildman–Crippen LogP) is 2.89. The molecule has 1 heterocycles. The maximum Gasteiger partial charge on any atom is 0.261 e. The van der Waals surface area contributed by atoms with E-state index < -0.39 is 21.7 Å². The average Bonchev–Trinajstić information content (AvgIpc) is 2.96. The molecule has 0 atom stereocenters. The Hall–Kier alpha value is -2.48. The molecular formula is C16H14F2N2O3S. The van der Waals surface area contributed by atoms with Gasteiger partial charge in [-0.3, -0.25) is 9.52 Å². The number of amides is 1. The Morgan fingerprint density at radius 1 is 1.04 bits per heavy atom. The fraction of sp³-hybridized carbons (Fsp3) is 0.188. The smallest absolute Gasteiger partial charge is 0.261 e. The van der Waals surface area contributed by atoms with Crippen molar-refractivity contribution in [3.05, 3.63) is 54.1 Å². The highest BCUT2D eigenvalue weighted by Gasteiger charge is 2.22. The van der Waals surface area contributed by atoms with Crippen LogP contribution in [0.2, 0.25) is 0 Å².